The Morgan fingerprint density at radius 2 is 2.22 bits per heavy atom. The number of ether oxygens (including phenoxy) is 2. The van der Waals surface area contributed by atoms with Gasteiger partial charge in [0.25, 0.3) is 0 Å². The second-order valence-electron chi connectivity index (χ2n) is 3.97. The standard InChI is InChI=1S/C13H18BrNO3/c1-3-10(15)7-9-5-4-6-11(14)13(9)18-8-12(16)17-2/h4-6,10H,3,7-8,15H2,1-2H3. The van der Waals surface area contributed by atoms with Crippen LogP contribution in [0.2, 0.25) is 0 Å². The van der Waals surface area contributed by atoms with Gasteiger partial charge in [-0.25, -0.2) is 4.79 Å². The van der Waals surface area contributed by atoms with E-state index in [1.54, 1.807) is 0 Å². The molecule has 0 saturated heterocycles. The Balaban J connectivity index is 2.83. The highest BCUT2D eigenvalue weighted by Gasteiger charge is 2.12. The molecule has 0 fully saturated rings. The normalized spacial score (nSPS) is 12.0. The lowest BCUT2D eigenvalue weighted by Crippen LogP contribution is -2.22. The molecule has 1 unspecified atom stereocenters. The van der Waals surface area contributed by atoms with Gasteiger partial charge in [0.1, 0.15) is 5.75 Å². The fourth-order valence-corrected chi connectivity index (χ4v) is 2.01. The number of nitrogens with two attached hydrogens (primary N) is 1. The van der Waals surface area contributed by atoms with E-state index in [2.05, 4.69) is 20.7 Å². The van der Waals surface area contributed by atoms with Gasteiger partial charge < -0.3 is 15.2 Å². The number of para-hydroxylation sites is 1. The van der Waals surface area contributed by atoms with Crippen LogP contribution >= 0.6 is 15.9 Å². The zero-order valence-electron chi connectivity index (χ0n) is 10.6. The molecule has 0 saturated carbocycles. The van der Waals surface area contributed by atoms with Crippen LogP contribution in [0.1, 0.15) is 18.9 Å². The maximum atomic E-state index is 11.1. The van der Waals surface area contributed by atoms with E-state index in [0.29, 0.717) is 12.2 Å². The predicted octanol–water partition coefficient (Wildman–Crippen LogP) is 2.28. The number of esters is 1. The minimum absolute atomic E-state index is 0.0831. The van der Waals surface area contributed by atoms with Gasteiger partial charge in [0.15, 0.2) is 6.61 Å². The lowest BCUT2D eigenvalue weighted by molar-refractivity contribution is -0.142. The van der Waals surface area contributed by atoms with Crippen molar-refractivity contribution in [1.82, 2.24) is 0 Å². The summed E-state index contributed by atoms with van der Waals surface area (Å²) in [5.74, 6) is 0.253. The minimum atomic E-state index is -0.406. The average molecular weight is 316 g/mol. The van der Waals surface area contributed by atoms with E-state index >= 15 is 0 Å². The number of hydrogen-bond donors (Lipinski definition) is 1. The van der Waals surface area contributed by atoms with Crippen molar-refractivity contribution in [3.63, 3.8) is 0 Å². The molecule has 0 heterocycles. The first-order valence-corrected chi connectivity index (χ1v) is 6.60. The SMILES string of the molecule is CCC(N)Cc1cccc(Br)c1OCC(=O)OC. The lowest BCUT2D eigenvalue weighted by Gasteiger charge is -2.15. The summed E-state index contributed by atoms with van der Waals surface area (Å²) < 4.78 is 10.9. The Morgan fingerprint density at radius 3 is 2.83 bits per heavy atom. The third-order valence-corrected chi connectivity index (χ3v) is 3.24. The summed E-state index contributed by atoms with van der Waals surface area (Å²) in [6.45, 7) is 1.94. The van der Waals surface area contributed by atoms with Gasteiger partial charge >= 0.3 is 5.97 Å². The molecule has 0 spiro atoms. The number of benzene rings is 1. The van der Waals surface area contributed by atoms with Gasteiger partial charge in [-0.3, -0.25) is 0 Å². The van der Waals surface area contributed by atoms with E-state index in [4.69, 9.17) is 10.5 Å². The second-order valence-corrected chi connectivity index (χ2v) is 4.82. The van der Waals surface area contributed by atoms with Crippen molar-refractivity contribution in [3.05, 3.63) is 28.2 Å². The van der Waals surface area contributed by atoms with Crippen molar-refractivity contribution < 1.29 is 14.3 Å². The van der Waals surface area contributed by atoms with Gasteiger partial charge in [-0.05, 0) is 40.4 Å². The van der Waals surface area contributed by atoms with Gasteiger partial charge in [-0.15, -0.1) is 0 Å². The molecule has 0 aliphatic carbocycles. The number of carbonyl (C=O) groups excluding carboxylic acids is 1. The van der Waals surface area contributed by atoms with Crippen molar-refractivity contribution in [3.8, 4) is 5.75 Å². The molecule has 0 aromatic heterocycles. The molecular formula is C13H18BrNO3. The van der Waals surface area contributed by atoms with Gasteiger partial charge in [0.05, 0.1) is 11.6 Å². The van der Waals surface area contributed by atoms with Crippen LogP contribution in [0.5, 0.6) is 5.75 Å². The van der Waals surface area contributed by atoms with Crippen LogP contribution in [-0.4, -0.2) is 25.7 Å². The molecular weight excluding hydrogens is 298 g/mol. The Kier molecular flexibility index (Phi) is 6.15. The van der Waals surface area contributed by atoms with Crippen LogP contribution in [-0.2, 0) is 16.0 Å². The highest BCUT2D eigenvalue weighted by Crippen LogP contribution is 2.30. The summed E-state index contributed by atoms with van der Waals surface area (Å²) in [6, 6.07) is 5.83. The van der Waals surface area contributed by atoms with Gasteiger partial charge in [0, 0.05) is 6.04 Å². The number of rotatable bonds is 6. The topological polar surface area (TPSA) is 61.5 Å². The van der Waals surface area contributed by atoms with E-state index < -0.39 is 5.97 Å². The molecule has 1 aromatic rings. The first kappa shape index (κ1) is 15.0. The van der Waals surface area contributed by atoms with E-state index in [1.165, 1.54) is 7.11 Å². The Morgan fingerprint density at radius 1 is 1.50 bits per heavy atom. The average Bonchev–Trinajstić information content (AvgIpc) is 2.37. The first-order valence-electron chi connectivity index (χ1n) is 5.81. The monoisotopic (exact) mass is 315 g/mol. The minimum Gasteiger partial charge on any atom is -0.480 e. The Hall–Kier alpha value is -1.07. The zero-order chi connectivity index (χ0) is 13.5. The van der Waals surface area contributed by atoms with Crippen LogP contribution < -0.4 is 10.5 Å². The third kappa shape index (κ3) is 4.31. The van der Waals surface area contributed by atoms with E-state index in [-0.39, 0.29) is 12.6 Å². The predicted molar refractivity (Wildman–Crippen MR) is 73.6 cm³/mol. The first-order chi connectivity index (χ1) is 8.58. The fraction of sp³-hybridized carbons (Fsp3) is 0.462. The second kappa shape index (κ2) is 7.38. The van der Waals surface area contributed by atoms with Gasteiger partial charge in [-0.1, -0.05) is 19.1 Å². The molecule has 100 valence electrons. The zero-order valence-corrected chi connectivity index (χ0v) is 12.2. The fourth-order valence-electron chi connectivity index (χ4n) is 1.49. The van der Waals surface area contributed by atoms with Crippen molar-refractivity contribution in [2.75, 3.05) is 13.7 Å². The molecule has 1 rings (SSSR count). The van der Waals surface area contributed by atoms with E-state index in [9.17, 15) is 4.79 Å². The van der Waals surface area contributed by atoms with Crippen LogP contribution in [0.4, 0.5) is 0 Å². The van der Waals surface area contributed by atoms with Crippen molar-refractivity contribution in [1.29, 1.82) is 0 Å². The molecule has 2 N–H and O–H groups in total. The largest absolute Gasteiger partial charge is 0.480 e. The third-order valence-electron chi connectivity index (χ3n) is 2.62. The molecule has 0 radical (unpaired) electrons. The molecule has 0 aliphatic heterocycles. The lowest BCUT2D eigenvalue weighted by atomic mass is 10.0. The smallest absolute Gasteiger partial charge is 0.343 e. The molecule has 18 heavy (non-hydrogen) atoms. The maximum Gasteiger partial charge on any atom is 0.343 e. The van der Waals surface area contributed by atoms with Crippen molar-refractivity contribution in [2.45, 2.75) is 25.8 Å². The molecule has 0 amide bonds. The molecule has 1 aromatic carbocycles. The molecule has 0 bridgehead atoms. The molecule has 5 heteroatoms. The van der Waals surface area contributed by atoms with Crippen LogP contribution in [0, 0.1) is 0 Å². The van der Waals surface area contributed by atoms with E-state index in [0.717, 1.165) is 16.5 Å². The van der Waals surface area contributed by atoms with Crippen LogP contribution in [0.15, 0.2) is 22.7 Å². The summed E-state index contributed by atoms with van der Waals surface area (Å²) in [7, 11) is 1.33. The van der Waals surface area contributed by atoms with E-state index in [1.807, 2.05) is 25.1 Å². The van der Waals surface area contributed by atoms with Gasteiger partial charge in [-0.2, -0.15) is 0 Å². The maximum absolute atomic E-state index is 11.1. The number of methoxy groups -OCH3 is 1. The Bertz CT molecular complexity index is 409. The van der Waals surface area contributed by atoms with Gasteiger partial charge in [0.2, 0.25) is 0 Å². The van der Waals surface area contributed by atoms with Crippen LogP contribution in [0.3, 0.4) is 0 Å². The summed E-state index contributed by atoms with van der Waals surface area (Å²) in [4.78, 5) is 11.1. The molecule has 1 atom stereocenters. The number of carbonyl (C=O) groups is 1. The molecule has 4 nitrogen and oxygen atoms in total. The summed E-state index contributed by atoms with van der Waals surface area (Å²) >= 11 is 3.41. The summed E-state index contributed by atoms with van der Waals surface area (Å²) in [5, 5.41) is 0. The molecule has 0 aliphatic rings. The van der Waals surface area contributed by atoms with Crippen molar-refractivity contribution in [2.24, 2.45) is 5.73 Å². The quantitative estimate of drug-likeness (QED) is 0.818. The highest BCUT2D eigenvalue weighted by atomic mass is 79.9. The summed E-state index contributed by atoms with van der Waals surface area (Å²) in [5.41, 5.74) is 6.93. The highest BCUT2D eigenvalue weighted by molar-refractivity contribution is 9.10. The Labute approximate surface area is 116 Å². The van der Waals surface area contributed by atoms with Crippen molar-refractivity contribution >= 4 is 21.9 Å². The number of hydrogen-bond acceptors (Lipinski definition) is 4. The number of halogens is 1. The summed E-state index contributed by atoms with van der Waals surface area (Å²) in [6.07, 6.45) is 1.61. The van der Waals surface area contributed by atoms with Crippen LogP contribution in [0.25, 0.3) is 0 Å².